The Balaban J connectivity index is 1.24. The molecule has 37 heavy (non-hydrogen) atoms. The molecule has 6 nitrogen and oxygen atoms in total. The summed E-state index contributed by atoms with van der Waals surface area (Å²) < 4.78 is 5.24. The second-order valence-electron chi connectivity index (χ2n) is 10.5. The first-order chi connectivity index (χ1) is 18.0. The van der Waals surface area contributed by atoms with Gasteiger partial charge in [0.05, 0.1) is 7.11 Å². The lowest BCUT2D eigenvalue weighted by atomic mass is 10.0. The fourth-order valence-electron chi connectivity index (χ4n) is 4.99. The molecule has 0 aliphatic carbocycles. The second-order valence-corrected chi connectivity index (χ2v) is 10.5. The number of carbonyl (C=O) groups excluding carboxylic acids is 1. The Morgan fingerprint density at radius 2 is 1.73 bits per heavy atom. The molecular formula is C31H42N4O2. The van der Waals surface area contributed by atoms with Crippen LogP contribution in [0.15, 0.2) is 60.7 Å². The molecule has 1 heterocycles. The Bertz CT molecular complexity index is 1150. The van der Waals surface area contributed by atoms with Gasteiger partial charge in [-0.25, -0.2) is 0 Å². The summed E-state index contributed by atoms with van der Waals surface area (Å²) in [5.41, 5.74) is 3.34. The van der Waals surface area contributed by atoms with E-state index < -0.39 is 0 Å². The van der Waals surface area contributed by atoms with Crippen molar-refractivity contribution in [3.05, 3.63) is 77.4 Å². The van der Waals surface area contributed by atoms with Gasteiger partial charge in [0.15, 0.2) is 0 Å². The number of rotatable bonds is 12. The monoisotopic (exact) mass is 502 g/mol. The molecule has 6 heteroatoms. The summed E-state index contributed by atoms with van der Waals surface area (Å²) in [6.45, 7) is 6.04. The van der Waals surface area contributed by atoms with Crippen molar-refractivity contribution in [2.24, 2.45) is 0 Å². The number of benzene rings is 3. The first-order valence-electron chi connectivity index (χ1n) is 13.5. The number of hydrogen-bond acceptors (Lipinski definition) is 5. The molecule has 3 aromatic rings. The lowest BCUT2D eigenvalue weighted by molar-refractivity contribution is 0.0908. The van der Waals surface area contributed by atoms with Crippen molar-refractivity contribution in [1.29, 1.82) is 0 Å². The molecule has 3 aromatic carbocycles. The lowest BCUT2D eigenvalue weighted by Gasteiger charge is -2.32. The zero-order valence-corrected chi connectivity index (χ0v) is 22.6. The molecular weight excluding hydrogens is 460 g/mol. The number of ether oxygens (including phenoxy) is 1. The maximum absolute atomic E-state index is 12.7. The minimum absolute atomic E-state index is 0.0225. The average molecular weight is 503 g/mol. The first kappa shape index (κ1) is 27.1. The molecule has 0 spiro atoms. The minimum atomic E-state index is -0.0225. The molecule has 1 aliphatic rings. The molecule has 2 N–H and O–H groups in total. The Morgan fingerprint density at radius 1 is 0.973 bits per heavy atom. The van der Waals surface area contributed by atoms with Gasteiger partial charge in [-0.3, -0.25) is 9.69 Å². The highest BCUT2D eigenvalue weighted by Gasteiger charge is 2.21. The number of amides is 1. The third kappa shape index (κ3) is 8.29. The van der Waals surface area contributed by atoms with Crippen LogP contribution in [0.5, 0.6) is 5.75 Å². The van der Waals surface area contributed by atoms with Gasteiger partial charge in [0, 0.05) is 37.8 Å². The fraction of sp³-hybridized carbons (Fsp3) is 0.452. The summed E-state index contributed by atoms with van der Waals surface area (Å²) in [5.74, 6) is 0.683. The number of unbranched alkanes of at least 4 members (excludes halogenated alkanes) is 1. The molecule has 0 bridgehead atoms. The lowest BCUT2D eigenvalue weighted by Crippen LogP contribution is -2.44. The molecule has 4 rings (SSSR count). The van der Waals surface area contributed by atoms with Crippen molar-refractivity contribution in [3.63, 3.8) is 0 Å². The molecule has 1 fully saturated rings. The Hall–Kier alpha value is -2.93. The minimum Gasteiger partial charge on any atom is -0.497 e. The van der Waals surface area contributed by atoms with Crippen molar-refractivity contribution >= 4 is 16.7 Å². The summed E-state index contributed by atoms with van der Waals surface area (Å²) >= 11 is 0. The number of fused-ring (bicyclic) bond motifs is 1. The smallest absolute Gasteiger partial charge is 0.251 e. The second kappa shape index (κ2) is 13.6. The van der Waals surface area contributed by atoms with Crippen molar-refractivity contribution in [1.82, 2.24) is 20.4 Å². The van der Waals surface area contributed by atoms with Crippen molar-refractivity contribution in [3.8, 4) is 5.75 Å². The Morgan fingerprint density at radius 3 is 2.49 bits per heavy atom. The molecule has 0 aromatic heterocycles. The van der Waals surface area contributed by atoms with E-state index in [0.717, 1.165) is 52.1 Å². The van der Waals surface area contributed by atoms with Gasteiger partial charge in [0.1, 0.15) is 5.75 Å². The number of nitrogens with one attached hydrogen (secondary N) is 2. The third-order valence-corrected chi connectivity index (χ3v) is 7.17. The molecule has 1 aliphatic heterocycles. The van der Waals surface area contributed by atoms with Crippen LogP contribution < -0.4 is 15.4 Å². The van der Waals surface area contributed by atoms with Crippen LogP contribution in [0, 0.1) is 0 Å². The quantitative estimate of drug-likeness (QED) is 0.353. The summed E-state index contributed by atoms with van der Waals surface area (Å²) in [4.78, 5) is 17.4. The standard InChI is InChI=1S/C31H42N4O2/c1-34(2)16-5-4-15-32-22-24-9-11-26-12-10-25(20-28(26)19-24)23-35-17-13-29(14-18-35)33-31(36)27-7-6-8-30(21-27)37-3/h6-12,19-21,29,32H,4-5,13-18,22-23H2,1-3H3,(H,33,36). The first-order valence-corrected chi connectivity index (χ1v) is 13.5. The number of likely N-dealkylation sites (tertiary alicyclic amines) is 1. The van der Waals surface area contributed by atoms with E-state index in [4.69, 9.17) is 4.74 Å². The Labute approximate surface area is 222 Å². The molecule has 0 unspecified atom stereocenters. The van der Waals surface area contributed by atoms with Gasteiger partial charge in [0.2, 0.25) is 0 Å². The molecule has 1 amide bonds. The maximum atomic E-state index is 12.7. The van der Waals surface area contributed by atoms with E-state index in [1.165, 1.54) is 34.7 Å². The summed E-state index contributed by atoms with van der Waals surface area (Å²) in [7, 11) is 5.88. The van der Waals surface area contributed by atoms with Gasteiger partial charge in [-0.15, -0.1) is 0 Å². The molecule has 0 radical (unpaired) electrons. The van der Waals surface area contributed by atoms with E-state index >= 15 is 0 Å². The molecule has 0 saturated carbocycles. The van der Waals surface area contributed by atoms with Crippen LogP contribution in [0.25, 0.3) is 10.8 Å². The predicted octanol–water partition coefficient (Wildman–Crippen LogP) is 4.67. The van der Waals surface area contributed by atoms with Gasteiger partial charge < -0.3 is 20.3 Å². The third-order valence-electron chi connectivity index (χ3n) is 7.17. The highest BCUT2D eigenvalue weighted by molar-refractivity contribution is 5.94. The van der Waals surface area contributed by atoms with Crippen LogP contribution in [-0.2, 0) is 13.1 Å². The van der Waals surface area contributed by atoms with Gasteiger partial charge in [-0.1, -0.05) is 30.3 Å². The van der Waals surface area contributed by atoms with E-state index in [-0.39, 0.29) is 11.9 Å². The fourth-order valence-corrected chi connectivity index (χ4v) is 4.99. The van der Waals surface area contributed by atoms with Crippen LogP contribution in [0.1, 0.15) is 47.2 Å². The normalized spacial score (nSPS) is 14.8. The molecule has 0 atom stereocenters. The zero-order valence-electron chi connectivity index (χ0n) is 22.6. The Kier molecular flexibility index (Phi) is 9.94. The highest BCUT2D eigenvalue weighted by Crippen LogP contribution is 2.21. The van der Waals surface area contributed by atoms with Crippen molar-refractivity contribution in [2.75, 3.05) is 47.4 Å². The van der Waals surface area contributed by atoms with Crippen LogP contribution in [0.2, 0.25) is 0 Å². The summed E-state index contributed by atoms with van der Waals surface area (Å²) in [5, 5.41) is 9.40. The van der Waals surface area contributed by atoms with Crippen LogP contribution >= 0.6 is 0 Å². The SMILES string of the molecule is COc1cccc(C(=O)NC2CCN(Cc3ccc4ccc(CNCCCCN(C)C)cc4c3)CC2)c1. The predicted molar refractivity (Wildman–Crippen MR) is 152 cm³/mol. The topological polar surface area (TPSA) is 56.8 Å². The van der Waals surface area contributed by atoms with E-state index in [0.29, 0.717) is 11.3 Å². The number of piperidine rings is 1. The van der Waals surface area contributed by atoms with Gasteiger partial charge >= 0.3 is 0 Å². The number of carbonyl (C=O) groups is 1. The van der Waals surface area contributed by atoms with Crippen LogP contribution in [-0.4, -0.2) is 69.1 Å². The van der Waals surface area contributed by atoms with Crippen molar-refractivity contribution < 1.29 is 9.53 Å². The summed E-state index contributed by atoms with van der Waals surface area (Å²) in [6.07, 6.45) is 4.37. The average Bonchev–Trinajstić information content (AvgIpc) is 2.91. The van der Waals surface area contributed by atoms with Crippen LogP contribution in [0.4, 0.5) is 0 Å². The number of methoxy groups -OCH3 is 1. The molecule has 198 valence electrons. The van der Waals surface area contributed by atoms with Crippen molar-refractivity contribution in [2.45, 2.75) is 44.8 Å². The highest BCUT2D eigenvalue weighted by atomic mass is 16.5. The van der Waals surface area contributed by atoms with Gasteiger partial charge in [-0.05, 0) is 105 Å². The number of hydrogen-bond donors (Lipinski definition) is 2. The number of nitrogens with zero attached hydrogens (tertiary/aromatic N) is 2. The van der Waals surface area contributed by atoms with E-state index in [2.05, 4.69) is 70.9 Å². The largest absolute Gasteiger partial charge is 0.497 e. The van der Waals surface area contributed by atoms with Gasteiger partial charge in [-0.2, -0.15) is 0 Å². The summed E-state index contributed by atoms with van der Waals surface area (Å²) in [6, 6.07) is 21.2. The van der Waals surface area contributed by atoms with Gasteiger partial charge in [0.25, 0.3) is 5.91 Å². The molecule has 1 saturated heterocycles. The van der Waals surface area contributed by atoms with Crippen LogP contribution in [0.3, 0.4) is 0 Å². The zero-order chi connectivity index (χ0) is 26.0. The maximum Gasteiger partial charge on any atom is 0.251 e. The van der Waals surface area contributed by atoms with E-state index in [1.807, 2.05) is 18.2 Å². The van der Waals surface area contributed by atoms with E-state index in [1.54, 1.807) is 13.2 Å². The van der Waals surface area contributed by atoms with E-state index in [9.17, 15) is 4.79 Å².